The lowest BCUT2D eigenvalue weighted by atomic mass is 10.0. The van der Waals surface area contributed by atoms with Crippen LogP contribution in [0.1, 0.15) is 47.8 Å². The molecule has 0 aliphatic carbocycles. The molecular weight excluding hydrogens is 405 g/mol. The van der Waals surface area contributed by atoms with Gasteiger partial charge in [-0.05, 0) is 63.4 Å². The summed E-state index contributed by atoms with van der Waals surface area (Å²) in [5, 5.41) is 3.64. The van der Waals surface area contributed by atoms with E-state index < -0.39 is 11.7 Å². The van der Waals surface area contributed by atoms with Gasteiger partial charge >= 0.3 is 6.18 Å². The molecule has 1 atom stereocenters. The molecule has 162 valence electrons. The van der Waals surface area contributed by atoms with Gasteiger partial charge in [-0.15, -0.1) is 0 Å². The largest absolute Gasteiger partial charge is 0.416 e. The number of halogens is 3. The van der Waals surface area contributed by atoms with Gasteiger partial charge in [-0.3, -0.25) is 4.79 Å². The Labute approximate surface area is 178 Å². The fraction of sp³-hybridized carbons (Fsp3) is 0.348. The van der Waals surface area contributed by atoms with E-state index in [0.717, 1.165) is 37.1 Å². The van der Waals surface area contributed by atoms with Crippen molar-refractivity contribution in [1.82, 2.24) is 14.9 Å². The summed E-state index contributed by atoms with van der Waals surface area (Å²) < 4.78 is 39.6. The summed E-state index contributed by atoms with van der Waals surface area (Å²) in [5.74, 6) is -0.184. The smallest absolute Gasteiger partial charge is 0.354 e. The van der Waals surface area contributed by atoms with Crippen molar-refractivity contribution in [1.29, 1.82) is 0 Å². The summed E-state index contributed by atoms with van der Waals surface area (Å²) in [6.45, 7) is 4.49. The van der Waals surface area contributed by atoms with Crippen LogP contribution >= 0.6 is 0 Å². The number of piperidine rings is 1. The molecule has 31 heavy (non-hydrogen) atoms. The first-order valence-electron chi connectivity index (χ1n) is 10.3. The SMILES string of the molecule is Cc1ccc2c(Nc3cccc(C(F)(F)F)c3)c(C(=O)N3CCCCC3C)cnc2n1. The third kappa shape index (κ3) is 4.33. The number of hydrogen-bond donors (Lipinski definition) is 1. The van der Waals surface area contributed by atoms with Crippen molar-refractivity contribution in [2.75, 3.05) is 11.9 Å². The maximum absolute atomic E-state index is 13.4. The highest BCUT2D eigenvalue weighted by Crippen LogP contribution is 2.34. The van der Waals surface area contributed by atoms with Gasteiger partial charge in [-0.2, -0.15) is 13.2 Å². The first-order valence-corrected chi connectivity index (χ1v) is 10.3. The van der Waals surface area contributed by atoms with Gasteiger partial charge in [0.1, 0.15) is 0 Å². The molecule has 4 rings (SSSR count). The molecule has 1 N–H and O–H groups in total. The number of aromatic nitrogens is 2. The number of pyridine rings is 2. The Balaban J connectivity index is 1.82. The van der Waals surface area contributed by atoms with Crippen molar-refractivity contribution in [2.24, 2.45) is 0 Å². The predicted molar refractivity (Wildman–Crippen MR) is 113 cm³/mol. The van der Waals surface area contributed by atoms with E-state index in [1.807, 2.05) is 18.7 Å². The van der Waals surface area contributed by atoms with Crippen LogP contribution in [0.25, 0.3) is 11.0 Å². The van der Waals surface area contributed by atoms with Gasteiger partial charge in [0.25, 0.3) is 5.91 Å². The van der Waals surface area contributed by atoms with Gasteiger partial charge in [0.05, 0.1) is 16.8 Å². The number of nitrogens with one attached hydrogen (secondary N) is 1. The number of amides is 1. The monoisotopic (exact) mass is 428 g/mol. The fourth-order valence-corrected chi connectivity index (χ4v) is 3.94. The van der Waals surface area contributed by atoms with Crippen molar-refractivity contribution in [3.63, 3.8) is 0 Å². The Bertz CT molecular complexity index is 1130. The first kappa shape index (κ1) is 21.1. The molecular formula is C23H23F3N4O. The molecule has 1 unspecified atom stereocenters. The second kappa shape index (κ2) is 8.17. The zero-order chi connectivity index (χ0) is 22.2. The van der Waals surface area contributed by atoms with Crippen LogP contribution in [0.5, 0.6) is 0 Å². The van der Waals surface area contributed by atoms with Crippen LogP contribution < -0.4 is 5.32 Å². The number of fused-ring (bicyclic) bond motifs is 1. The zero-order valence-corrected chi connectivity index (χ0v) is 17.3. The zero-order valence-electron chi connectivity index (χ0n) is 17.3. The van der Waals surface area contributed by atoms with E-state index in [1.165, 1.54) is 12.3 Å². The Hall–Kier alpha value is -3.16. The second-order valence-corrected chi connectivity index (χ2v) is 7.92. The highest BCUT2D eigenvalue weighted by atomic mass is 19.4. The minimum absolute atomic E-state index is 0.0921. The van der Waals surface area contributed by atoms with Crippen molar-refractivity contribution >= 4 is 28.3 Å². The summed E-state index contributed by atoms with van der Waals surface area (Å²) in [5.41, 5.74) is 1.40. The summed E-state index contributed by atoms with van der Waals surface area (Å²) in [6, 6.07) is 8.60. The Morgan fingerprint density at radius 1 is 1.19 bits per heavy atom. The lowest BCUT2D eigenvalue weighted by molar-refractivity contribution is -0.137. The number of carbonyl (C=O) groups is 1. The van der Waals surface area contributed by atoms with E-state index in [0.29, 0.717) is 28.8 Å². The molecule has 3 aromatic rings. The number of hydrogen-bond acceptors (Lipinski definition) is 4. The van der Waals surface area contributed by atoms with Gasteiger partial charge in [-0.1, -0.05) is 6.07 Å². The van der Waals surface area contributed by atoms with Crippen molar-refractivity contribution < 1.29 is 18.0 Å². The average molecular weight is 428 g/mol. The molecule has 3 heterocycles. The average Bonchev–Trinajstić information content (AvgIpc) is 2.73. The molecule has 1 aliphatic heterocycles. The number of likely N-dealkylation sites (tertiary alicyclic amines) is 1. The third-order valence-electron chi connectivity index (χ3n) is 5.62. The van der Waals surface area contributed by atoms with E-state index in [9.17, 15) is 18.0 Å². The molecule has 8 heteroatoms. The number of aryl methyl sites for hydroxylation is 1. The normalized spacial score (nSPS) is 17.1. The molecule has 2 aromatic heterocycles. The van der Waals surface area contributed by atoms with Gasteiger partial charge in [0, 0.05) is 35.6 Å². The Kier molecular flexibility index (Phi) is 5.56. The number of carbonyl (C=O) groups excluding carboxylic acids is 1. The standard InChI is InChI=1S/C23H23F3N4O/c1-14-9-10-18-20(29-17-8-5-7-16(12-17)23(24,25)26)19(13-27-21(18)28-14)22(31)30-11-4-3-6-15(30)2/h5,7-10,12-13,15H,3-4,6,11H2,1-2H3,(H,27,28,29). The second-order valence-electron chi connectivity index (χ2n) is 7.92. The number of alkyl halides is 3. The highest BCUT2D eigenvalue weighted by molar-refractivity contribution is 6.07. The Morgan fingerprint density at radius 2 is 2.00 bits per heavy atom. The lowest BCUT2D eigenvalue weighted by Gasteiger charge is -2.34. The van der Waals surface area contributed by atoms with Crippen LogP contribution in [0, 0.1) is 6.92 Å². The molecule has 0 bridgehead atoms. The summed E-state index contributed by atoms with van der Waals surface area (Å²) in [7, 11) is 0. The topological polar surface area (TPSA) is 58.1 Å². The predicted octanol–water partition coefficient (Wildman–Crippen LogP) is 5.72. The highest BCUT2D eigenvalue weighted by Gasteiger charge is 2.31. The van der Waals surface area contributed by atoms with Crippen LogP contribution in [-0.4, -0.2) is 33.4 Å². The van der Waals surface area contributed by atoms with Crippen molar-refractivity contribution in [3.05, 3.63) is 59.4 Å². The Morgan fingerprint density at radius 3 is 2.74 bits per heavy atom. The first-order chi connectivity index (χ1) is 14.7. The fourth-order valence-electron chi connectivity index (χ4n) is 3.94. The summed E-state index contributed by atoms with van der Waals surface area (Å²) in [6.07, 6.45) is -0.0789. The van der Waals surface area contributed by atoms with Crippen molar-refractivity contribution in [2.45, 2.75) is 45.3 Å². The lowest BCUT2D eigenvalue weighted by Crippen LogP contribution is -2.42. The number of anilines is 2. The van der Waals surface area contributed by atoms with E-state index in [4.69, 9.17) is 0 Å². The molecule has 0 saturated carbocycles. The maximum atomic E-state index is 13.4. The van der Waals surface area contributed by atoms with Gasteiger partial charge in [0.15, 0.2) is 5.65 Å². The van der Waals surface area contributed by atoms with Crippen LogP contribution in [0.4, 0.5) is 24.5 Å². The minimum Gasteiger partial charge on any atom is -0.354 e. The van der Waals surface area contributed by atoms with Crippen LogP contribution in [-0.2, 0) is 6.18 Å². The molecule has 1 fully saturated rings. The number of rotatable bonds is 3. The summed E-state index contributed by atoms with van der Waals surface area (Å²) >= 11 is 0. The van der Waals surface area contributed by atoms with E-state index in [-0.39, 0.29) is 17.6 Å². The van der Waals surface area contributed by atoms with Crippen LogP contribution in [0.15, 0.2) is 42.6 Å². The van der Waals surface area contributed by atoms with Crippen LogP contribution in [0.2, 0.25) is 0 Å². The van der Waals surface area contributed by atoms with Crippen molar-refractivity contribution in [3.8, 4) is 0 Å². The maximum Gasteiger partial charge on any atom is 0.416 e. The van der Waals surface area contributed by atoms with E-state index in [1.54, 1.807) is 18.2 Å². The minimum atomic E-state index is -4.46. The number of benzene rings is 1. The quantitative estimate of drug-likeness (QED) is 0.580. The summed E-state index contributed by atoms with van der Waals surface area (Å²) in [4.78, 5) is 24.0. The van der Waals surface area contributed by atoms with E-state index >= 15 is 0 Å². The van der Waals surface area contributed by atoms with E-state index in [2.05, 4.69) is 15.3 Å². The molecule has 0 spiro atoms. The van der Waals surface area contributed by atoms with Gasteiger partial charge < -0.3 is 10.2 Å². The molecule has 1 amide bonds. The van der Waals surface area contributed by atoms with Gasteiger partial charge in [-0.25, -0.2) is 9.97 Å². The molecule has 1 aliphatic rings. The molecule has 0 radical (unpaired) electrons. The van der Waals surface area contributed by atoms with Crippen LogP contribution in [0.3, 0.4) is 0 Å². The molecule has 5 nitrogen and oxygen atoms in total. The third-order valence-corrected chi connectivity index (χ3v) is 5.62. The molecule has 1 saturated heterocycles. The van der Waals surface area contributed by atoms with Gasteiger partial charge in [0.2, 0.25) is 0 Å². The molecule has 1 aromatic carbocycles. The number of nitrogens with zero attached hydrogens (tertiary/aromatic N) is 3.